The quantitative estimate of drug-likeness (QED) is 0.751. The average molecular weight is 362 g/mol. The summed E-state index contributed by atoms with van der Waals surface area (Å²) in [5.41, 5.74) is 4.13. The van der Waals surface area contributed by atoms with E-state index in [4.69, 9.17) is 0 Å². The number of piperidine rings is 1. The van der Waals surface area contributed by atoms with Crippen molar-refractivity contribution in [1.82, 2.24) is 20.1 Å². The molecule has 3 aromatic rings. The minimum atomic E-state index is -0.224. The van der Waals surface area contributed by atoms with Gasteiger partial charge in [0.15, 0.2) is 5.43 Å². The second-order valence-corrected chi connectivity index (χ2v) is 7.02. The number of carbonyl (C=O) groups excluding carboxylic acids is 1. The number of hydrogen-bond acceptors (Lipinski definition) is 3. The minimum Gasteiger partial charge on any atom is -0.364 e. The predicted molar refractivity (Wildman–Crippen MR) is 104 cm³/mol. The molecule has 27 heavy (non-hydrogen) atoms. The number of benzene rings is 1. The lowest BCUT2D eigenvalue weighted by Gasteiger charge is -2.32. The van der Waals surface area contributed by atoms with Gasteiger partial charge in [-0.15, -0.1) is 0 Å². The van der Waals surface area contributed by atoms with Crippen LogP contribution < -0.4 is 5.43 Å². The summed E-state index contributed by atoms with van der Waals surface area (Å²) in [6.45, 7) is 3.06. The number of rotatable bonds is 3. The number of amides is 1. The molecule has 3 heterocycles. The van der Waals surface area contributed by atoms with Gasteiger partial charge in [0, 0.05) is 48.2 Å². The van der Waals surface area contributed by atoms with Crippen LogP contribution in [0.4, 0.5) is 0 Å². The second-order valence-electron chi connectivity index (χ2n) is 7.02. The first-order chi connectivity index (χ1) is 13.1. The fourth-order valence-corrected chi connectivity index (χ4v) is 3.74. The van der Waals surface area contributed by atoms with Gasteiger partial charge in [0.1, 0.15) is 5.56 Å². The number of likely N-dealkylation sites (tertiary alicyclic amines) is 1. The van der Waals surface area contributed by atoms with Crippen LogP contribution in [0.3, 0.4) is 0 Å². The van der Waals surface area contributed by atoms with E-state index in [1.54, 1.807) is 11.8 Å². The first-order valence-electron chi connectivity index (χ1n) is 9.21. The lowest BCUT2D eigenvalue weighted by Crippen LogP contribution is -2.40. The predicted octanol–water partition coefficient (Wildman–Crippen LogP) is 3.09. The van der Waals surface area contributed by atoms with Gasteiger partial charge in [0.05, 0.1) is 6.20 Å². The van der Waals surface area contributed by atoms with Gasteiger partial charge in [-0.05, 0) is 25.3 Å². The lowest BCUT2D eigenvalue weighted by molar-refractivity contribution is 0.0710. The van der Waals surface area contributed by atoms with Crippen LogP contribution >= 0.6 is 0 Å². The third-order valence-electron chi connectivity index (χ3n) is 5.23. The van der Waals surface area contributed by atoms with Gasteiger partial charge in [-0.1, -0.05) is 30.3 Å². The van der Waals surface area contributed by atoms with Gasteiger partial charge in [-0.2, -0.15) is 5.10 Å². The van der Waals surface area contributed by atoms with Gasteiger partial charge in [0.25, 0.3) is 5.91 Å². The fraction of sp³-hybridized carbons (Fsp3) is 0.286. The van der Waals surface area contributed by atoms with Crippen LogP contribution in [0.1, 0.15) is 40.5 Å². The molecular weight excluding hydrogens is 340 g/mol. The number of H-pyrrole nitrogens is 2. The van der Waals surface area contributed by atoms with E-state index in [0.717, 1.165) is 35.4 Å². The first kappa shape index (κ1) is 17.3. The van der Waals surface area contributed by atoms with Crippen molar-refractivity contribution in [2.45, 2.75) is 25.7 Å². The molecule has 0 unspecified atom stereocenters. The van der Waals surface area contributed by atoms with Crippen molar-refractivity contribution >= 4 is 5.91 Å². The molecule has 0 bridgehead atoms. The Balaban J connectivity index is 1.48. The molecule has 1 fully saturated rings. The fourth-order valence-electron chi connectivity index (χ4n) is 3.74. The molecule has 1 aromatic carbocycles. The summed E-state index contributed by atoms with van der Waals surface area (Å²) in [7, 11) is 0. The van der Waals surface area contributed by atoms with Crippen molar-refractivity contribution in [3.63, 3.8) is 0 Å². The molecule has 0 aliphatic carbocycles. The number of carbonyl (C=O) groups is 1. The molecule has 1 amide bonds. The maximum absolute atomic E-state index is 12.7. The largest absolute Gasteiger partial charge is 0.364 e. The van der Waals surface area contributed by atoms with E-state index < -0.39 is 0 Å². The molecule has 4 rings (SSSR count). The molecule has 138 valence electrons. The maximum atomic E-state index is 12.7. The summed E-state index contributed by atoms with van der Waals surface area (Å²) < 4.78 is 0. The normalized spacial score (nSPS) is 15.1. The van der Waals surface area contributed by atoms with Crippen LogP contribution in [-0.4, -0.2) is 39.1 Å². The smallest absolute Gasteiger partial charge is 0.259 e. The minimum absolute atomic E-state index is 0.192. The summed E-state index contributed by atoms with van der Waals surface area (Å²) in [5, 5.41) is 7.40. The molecular formula is C21H22N4O2. The summed E-state index contributed by atoms with van der Waals surface area (Å²) in [6.07, 6.45) is 5.08. The summed E-state index contributed by atoms with van der Waals surface area (Å²) in [4.78, 5) is 29.5. The Kier molecular flexibility index (Phi) is 4.62. The van der Waals surface area contributed by atoms with E-state index in [0.29, 0.717) is 19.0 Å². The summed E-state index contributed by atoms with van der Waals surface area (Å²) in [6, 6.07) is 11.7. The van der Waals surface area contributed by atoms with E-state index in [2.05, 4.69) is 27.3 Å². The molecule has 0 spiro atoms. The number of pyridine rings is 1. The number of nitrogens with one attached hydrogen (secondary N) is 2. The van der Waals surface area contributed by atoms with Crippen LogP contribution in [0.15, 0.2) is 53.6 Å². The number of hydrogen-bond donors (Lipinski definition) is 2. The molecule has 2 N–H and O–H groups in total. The van der Waals surface area contributed by atoms with Gasteiger partial charge in [-0.3, -0.25) is 14.7 Å². The third-order valence-corrected chi connectivity index (χ3v) is 5.23. The standard InChI is InChI=1S/C21H22N4O2/c1-14-11-19(26)18(12-22-14)21(27)25-9-7-16(8-10-25)20-17(13-23-24-20)15-5-3-2-4-6-15/h2-6,11-13,16H,7-10H2,1H3,(H,22,26)(H,23,24). The highest BCUT2D eigenvalue weighted by Crippen LogP contribution is 2.33. The van der Waals surface area contributed by atoms with E-state index in [9.17, 15) is 9.59 Å². The van der Waals surface area contributed by atoms with Gasteiger partial charge >= 0.3 is 0 Å². The average Bonchev–Trinajstić information content (AvgIpc) is 3.18. The van der Waals surface area contributed by atoms with E-state index in [-0.39, 0.29) is 16.9 Å². The van der Waals surface area contributed by atoms with Crippen LogP contribution in [0.2, 0.25) is 0 Å². The second kappa shape index (κ2) is 7.23. The highest BCUT2D eigenvalue weighted by Gasteiger charge is 2.28. The Morgan fingerprint density at radius 2 is 1.93 bits per heavy atom. The Morgan fingerprint density at radius 3 is 2.63 bits per heavy atom. The molecule has 0 atom stereocenters. The number of nitrogens with zero attached hydrogens (tertiary/aromatic N) is 2. The number of aryl methyl sites for hydroxylation is 1. The Hall–Kier alpha value is -3.15. The zero-order chi connectivity index (χ0) is 18.8. The first-order valence-corrected chi connectivity index (χ1v) is 9.21. The lowest BCUT2D eigenvalue weighted by atomic mass is 9.89. The maximum Gasteiger partial charge on any atom is 0.259 e. The van der Waals surface area contributed by atoms with Crippen molar-refractivity contribution in [2.75, 3.05) is 13.1 Å². The van der Waals surface area contributed by atoms with E-state index in [1.807, 2.05) is 24.4 Å². The molecule has 1 aliphatic heterocycles. The number of aromatic nitrogens is 3. The van der Waals surface area contributed by atoms with Crippen molar-refractivity contribution in [2.24, 2.45) is 0 Å². The third kappa shape index (κ3) is 3.43. The highest BCUT2D eigenvalue weighted by atomic mass is 16.2. The molecule has 0 saturated carbocycles. The van der Waals surface area contributed by atoms with E-state index in [1.165, 1.54) is 12.3 Å². The topological polar surface area (TPSA) is 81.8 Å². The number of aromatic amines is 2. The van der Waals surface area contributed by atoms with Crippen molar-refractivity contribution < 1.29 is 4.79 Å². The van der Waals surface area contributed by atoms with Gasteiger partial charge in [0.2, 0.25) is 0 Å². The molecule has 6 nitrogen and oxygen atoms in total. The van der Waals surface area contributed by atoms with E-state index >= 15 is 0 Å². The molecule has 2 aromatic heterocycles. The SMILES string of the molecule is Cc1cc(=O)c(C(=O)N2CCC(c3[nH]ncc3-c3ccccc3)CC2)c[nH]1. The Morgan fingerprint density at radius 1 is 1.19 bits per heavy atom. The summed E-state index contributed by atoms with van der Waals surface area (Å²) in [5.74, 6) is 0.130. The van der Waals surface area contributed by atoms with Crippen molar-refractivity contribution in [3.8, 4) is 11.1 Å². The Bertz CT molecular complexity index is 998. The zero-order valence-electron chi connectivity index (χ0n) is 15.2. The zero-order valence-corrected chi connectivity index (χ0v) is 15.2. The molecule has 6 heteroatoms. The molecule has 1 saturated heterocycles. The monoisotopic (exact) mass is 362 g/mol. The van der Waals surface area contributed by atoms with Crippen LogP contribution in [0.25, 0.3) is 11.1 Å². The Labute approximate surface area is 157 Å². The van der Waals surface area contributed by atoms with Crippen molar-refractivity contribution in [1.29, 1.82) is 0 Å². The van der Waals surface area contributed by atoms with Gasteiger partial charge in [-0.25, -0.2) is 0 Å². The summed E-state index contributed by atoms with van der Waals surface area (Å²) >= 11 is 0. The van der Waals surface area contributed by atoms with Gasteiger partial charge < -0.3 is 9.88 Å². The van der Waals surface area contributed by atoms with Crippen LogP contribution in [0, 0.1) is 6.92 Å². The molecule has 1 aliphatic rings. The highest BCUT2D eigenvalue weighted by molar-refractivity contribution is 5.93. The van der Waals surface area contributed by atoms with Crippen LogP contribution in [-0.2, 0) is 0 Å². The van der Waals surface area contributed by atoms with Crippen LogP contribution in [0.5, 0.6) is 0 Å². The van der Waals surface area contributed by atoms with Crippen molar-refractivity contribution in [3.05, 3.63) is 76.0 Å². The molecule has 0 radical (unpaired) electrons.